The van der Waals surface area contributed by atoms with Gasteiger partial charge in [-0.25, -0.2) is 4.79 Å². The Balaban J connectivity index is 1.75. The lowest BCUT2D eigenvalue weighted by Crippen LogP contribution is -2.36. The van der Waals surface area contributed by atoms with Crippen LogP contribution in [0.4, 0.5) is 0 Å². The fourth-order valence-electron chi connectivity index (χ4n) is 4.76. The van der Waals surface area contributed by atoms with Crippen molar-refractivity contribution in [2.24, 2.45) is 0 Å². The van der Waals surface area contributed by atoms with E-state index in [0.29, 0.717) is 60.8 Å². The molecule has 0 bridgehead atoms. The molecule has 2 N–H and O–H groups in total. The Labute approximate surface area is 209 Å². The number of ketones is 1. The van der Waals surface area contributed by atoms with Crippen LogP contribution in [-0.4, -0.2) is 43.3 Å². The minimum Gasteiger partial charge on any atom is -0.504 e. The number of esters is 1. The fraction of sp³-hybridized carbons (Fsp3) is 0.407. The zero-order valence-electron chi connectivity index (χ0n) is 20.3. The number of aromatic hydroxyl groups is 1. The van der Waals surface area contributed by atoms with Gasteiger partial charge < -0.3 is 24.6 Å². The predicted octanol–water partition coefficient (Wildman–Crippen LogP) is 4.79. The van der Waals surface area contributed by atoms with Gasteiger partial charge in [0.2, 0.25) is 0 Å². The number of carbonyl (C=O) groups excluding carboxylic acids is 2. The largest absolute Gasteiger partial charge is 0.504 e. The Morgan fingerprint density at radius 2 is 2.00 bits per heavy atom. The molecule has 2 aromatic rings. The van der Waals surface area contributed by atoms with Gasteiger partial charge >= 0.3 is 5.97 Å². The van der Waals surface area contributed by atoms with Gasteiger partial charge in [-0.3, -0.25) is 4.79 Å². The summed E-state index contributed by atoms with van der Waals surface area (Å²) in [4.78, 5) is 28.1. The zero-order chi connectivity index (χ0) is 24.9. The molecule has 1 aliphatic carbocycles. The summed E-state index contributed by atoms with van der Waals surface area (Å²) >= 11 is 1.65. The molecule has 0 radical (unpaired) electrons. The van der Waals surface area contributed by atoms with E-state index in [9.17, 15) is 14.7 Å². The number of carbonyl (C=O) groups is 2. The molecular formula is C27H31NO6S. The number of phenolic OH excluding ortho intramolecular Hbond substituents is 1. The molecule has 0 saturated heterocycles. The summed E-state index contributed by atoms with van der Waals surface area (Å²) in [6, 6.07) is 9.04. The molecule has 35 heavy (non-hydrogen) atoms. The molecule has 4 rings (SSSR count). The third-order valence-electron chi connectivity index (χ3n) is 6.28. The van der Waals surface area contributed by atoms with Crippen LogP contribution in [0.25, 0.3) is 0 Å². The molecule has 186 valence electrons. The molecule has 0 saturated carbocycles. The molecule has 1 aliphatic heterocycles. The molecular weight excluding hydrogens is 466 g/mol. The van der Waals surface area contributed by atoms with Crippen LogP contribution in [0.15, 0.2) is 58.3 Å². The topological polar surface area (TPSA) is 94.1 Å². The summed E-state index contributed by atoms with van der Waals surface area (Å²) in [6.45, 7) is 6.87. The molecule has 7 nitrogen and oxygen atoms in total. The molecule has 8 heteroatoms. The minimum atomic E-state index is -0.623. The smallest absolute Gasteiger partial charge is 0.336 e. The first-order valence-electron chi connectivity index (χ1n) is 11.9. The van der Waals surface area contributed by atoms with Crippen molar-refractivity contribution in [3.63, 3.8) is 0 Å². The summed E-state index contributed by atoms with van der Waals surface area (Å²) in [5.74, 6) is -0.700. The number of ether oxygens (including phenoxy) is 3. The van der Waals surface area contributed by atoms with Crippen LogP contribution in [0, 0.1) is 0 Å². The minimum absolute atomic E-state index is 0.000279. The first kappa shape index (κ1) is 25.0. The molecule has 1 aromatic carbocycles. The molecule has 0 unspecified atom stereocenters. The SMILES string of the molecule is CCOCCOC(=O)C1=C(C)NC2=C(C(=O)C[C@H](c3cccs3)C2)[C@H]1c1ccc(O)c(OCC)c1. The van der Waals surface area contributed by atoms with Gasteiger partial charge in [0.1, 0.15) is 6.61 Å². The second-order valence-electron chi connectivity index (χ2n) is 8.53. The molecule has 2 atom stereocenters. The first-order valence-corrected chi connectivity index (χ1v) is 12.8. The number of thiophene rings is 1. The maximum atomic E-state index is 13.6. The predicted molar refractivity (Wildman–Crippen MR) is 134 cm³/mol. The summed E-state index contributed by atoms with van der Waals surface area (Å²) in [5.41, 5.74) is 3.14. The second-order valence-corrected chi connectivity index (χ2v) is 9.50. The highest BCUT2D eigenvalue weighted by Gasteiger charge is 2.41. The fourth-order valence-corrected chi connectivity index (χ4v) is 5.59. The Morgan fingerprint density at radius 1 is 1.17 bits per heavy atom. The van der Waals surface area contributed by atoms with E-state index in [1.54, 1.807) is 23.5 Å². The van der Waals surface area contributed by atoms with E-state index in [0.717, 1.165) is 5.70 Å². The summed E-state index contributed by atoms with van der Waals surface area (Å²) in [6.07, 6.45) is 1.05. The molecule has 0 spiro atoms. The quantitative estimate of drug-likeness (QED) is 0.380. The van der Waals surface area contributed by atoms with Crippen LogP contribution < -0.4 is 10.1 Å². The number of rotatable bonds is 9. The van der Waals surface area contributed by atoms with Crippen molar-refractivity contribution < 1.29 is 28.9 Å². The molecule has 1 aromatic heterocycles. The number of benzene rings is 1. The van der Waals surface area contributed by atoms with Crippen LogP contribution in [0.5, 0.6) is 11.5 Å². The van der Waals surface area contributed by atoms with Crippen LogP contribution in [-0.2, 0) is 19.1 Å². The average Bonchev–Trinajstić information content (AvgIpc) is 3.37. The number of hydrogen-bond acceptors (Lipinski definition) is 8. The number of phenols is 1. The van der Waals surface area contributed by atoms with E-state index >= 15 is 0 Å². The van der Waals surface area contributed by atoms with Gasteiger partial charge in [-0.15, -0.1) is 11.3 Å². The Hall–Kier alpha value is -3.10. The van der Waals surface area contributed by atoms with Gasteiger partial charge in [-0.2, -0.15) is 0 Å². The van der Waals surface area contributed by atoms with Crippen molar-refractivity contribution in [3.8, 4) is 11.5 Å². The van der Waals surface area contributed by atoms with Gasteiger partial charge in [-0.1, -0.05) is 12.1 Å². The van der Waals surface area contributed by atoms with E-state index in [4.69, 9.17) is 14.2 Å². The van der Waals surface area contributed by atoms with Gasteiger partial charge in [0.15, 0.2) is 17.3 Å². The Morgan fingerprint density at radius 3 is 2.71 bits per heavy atom. The third-order valence-corrected chi connectivity index (χ3v) is 7.31. The average molecular weight is 498 g/mol. The Kier molecular flexibility index (Phi) is 7.93. The highest BCUT2D eigenvalue weighted by Crippen LogP contribution is 2.47. The van der Waals surface area contributed by atoms with E-state index < -0.39 is 11.9 Å². The van der Waals surface area contributed by atoms with E-state index in [1.165, 1.54) is 10.9 Å². The Bertz CT molecular complexity index is 1150. The summed E-state index contributed by atoms with van der Waals surface area (Å²) in [5, 5.41) is 15.6. The van der Waals surface area contributed by atoms with Crippen molar-refractivity contribution in [3.05, 3.63) is 68.7 Å². The molecule has 2 heterocycles. The third kappa shape index (κ3) is 5.28. The lowest BCUT2D eigenvalue weighted by molar-refractivity contribution is -0.140. The number of hydrogen-bond donors (Lipinski definition) is 2. The van der Waals surface area contributed by atoms with Crippen molar-refractivity contribution in [2.75, 3.05) is 26.4 Å². The number of nitrogens with one attached hydrogen (secondary N) is 1. The van der Waals surface area contributed by atoms with Crippen LogP contribution in [0.2, 0.25) is 0 Å². The van der Waals surface area contributed by atoms with Crippen LogP contribution >= 0.6 is 11.3 Å². The van der Waals surface area contributed by atoms with E-state index in [-0.39, 0.29) is 24.1 Å². The van der Waals surface area contributed by atoms with E-state index in [2.05, 4.69) is 11.4 Å². The maximum absolute atomic E-state index is 13.6. The van der Waals surface area contributed by atoms with Crippen molar-refractivity contribution in [1.29, 1.82) is 0 Å². The lowest BCUT2D eigenvalue weighted by atomic mass is 9.72. The zero-order valence-corrected chi connectivity index (χ0v) is 21.1. The molecule has 0 fully saturated rings. The van der Waals surface area contributed by atoms with Crippen LogP contribution in [0.1, 0.15) is 55.9 Å². The number of dihydropyridines is 1. The lowest BCUT2D eigenvalue weighted by Gasteiger charge is -2.36. The highest BCUT2D eigenvalue weighted by atomic mass is 32.1. The standard InChI is InChI=1S/C27H31NO6S/c1-4-32-10-11-34-27(31)24-16(3)28-19-13-18(23-7-6-12-35-23)14-21(30)26(19)25(24)17-8-9-20(29)22(15-17)33-5-2/h6-9,12,15,18,25,28-29H,4-5,10-11,13-14H2,1-3H3/t18-,25+/m1/s1. The van der Waals surface area contributed by atoms with Gasteiger partial charge in [0, 0.05) is 46.7 Å². The first-order chi connectivity index (χ1) is 16.9. The highest BCUT2D eigenvalue weighted by molar-refractivity contribution is 7.10. The second kappa shape index (κ2) is 11.1. The maximum Gasteiger partial charge on any atom is 0.336 e. The molecule has 0 amide bonds. The van der Waals surface area contributed by atoms with Gasteiger partial charge in [-0.05, 0) is 56.3 Å². The summed E-state index contributed by atoms with van der Waals surface area (Å²) < 4.78 is 16.4. The van der Waals surface area contributed by atoms with E-state index in [1.807, 2.05) is 32.2 Å². The number of allylic oxidation sites excluding steroid dienone is 3. The monoisotopic (exact) mass is 497 g/mol. The van der Waals surface area contributed by atoms with Gasteiger partial charge in [0.25, 0.3) is 0 Å². The van der Waals surface area contributed by atoms with Crippen LogP contribution in [0.3, 0.4) is 0 Å². The van der Waals surface area contributed by atoms with Crippen molar-refractivity contribution >= 4 is 23.1 Å². The normalized spacial score (nSPS) is 19.9. The number of Topliss-reactive ketones (excluding diaryl/α,β-unsaturated/α-hetero) is 1. The van der Waals surface area contributed by atoms with Crippen molar-refractivity contribution in [1.82, 2.24) is 5.32 Å². The summed E-state index contributed by atoms with van der Waals surface area (Å²) in [7, 11) is 0. The van der Waals surface area contributed by atoms with Crippen molar-refractivity contribution in [2.45, 2.75) is 45.4 Å². The molecule has 2 aliphatic rings. The van der Waals surface area contributed by atoms with Gasteiger partial charge in [0.05, 0.1) is 18.8 Å².